The predicted molar refractivity (Wildman–Crippen MR) is 94.3 cm³/mol. The number of tetrazole rings is 1. The summed E-state index contributed by atoms with van der Waals surface area (Å²) in [5.41, 5.74) is -2.55. The maximum atomic E-state index is 13.6. The fourth-order valence-electron chi connectivity index (χ4n) is 2.25. The first-order chi connectivity index (χ1) is 13.4. The zero-order chi connectivity index (χ0) is 20.3. The molecule has 11 nitrogen and oxygen atoms in total. The van der Waals surface area contributed by atoms with E-state index < -0.39 is 28.7 Å². The summed E-state index contributed by atoms with van der Waals surface area (Å²) in [6.07, 6.45) is 0. The van der Waals surface area contributed by atoms with Gasteiger partial charge < -0.3 is 0 Å². The first-order valence-corrected chi connectivity index (χ1v) is 7.85. The minimum absolute atomic E-state index is 0.0328. The fourth-order valence-corrected chi connectivity index (χ4v) is 2.25. The highest BCUT2D eigenvalue weighted by atomic mass is 19.1. The Labute approximate surface area is 156 Å². The quantitative estimate of drug-likeness (QED) is 0.591. The smallest absolute Gasteiger partial charge is 0.288 e. The molecule has 1 N–H and O–H groups in total. The summed E-state index contributed by atoms with van der Waals surface area (Å²) in [7, 11) is 1.48. The van der Waals surface area contributed by atoms with Crippen LogP contribution in [0.1, 0.15) is 17.4 Å². The molecule has 0 atom stereocenters. The Bertz CT molecular complexity index is 1230. The summed E-state index contributed by atoms with van der Waals surface area (Å²) in [6.45, 7) is 1.39. The van der Waals surface area contributed by atoms with Crippen molar-refractivity contribution < 1.29 is 9.18 Å². The van der Waals surface area contributed by atoms with Crippen molar-refractivity contribution in [3.63, 3.8) is 0 Å². The van der Waals surface area contributed by atoms with Gasteiger partial charge in [0.15, 0.2) is 0 Å². The molecule has 0 bridgehead atoms. The predicted octanol–water partition coefficient (Wildman–Crippen LogP) is -0.668. The molecule has 12 heteroatoms. The number of halogens is 1. The van der Waals surface area contributed by atoms with E-state index in [4.69, 9.17) is 0 Å². The van der Waals surface area contributed by atoms with E-state index in [0.717, 1.165) is 16.8 Å². The number of aryl methyl sites for hydroxylation is 1. The monoisotopic (exact) mass is 384 g/mol. The van der Waals surface area contributed by atoms with Crippen molar-refractivity contribution in [3.8, 4) is 17.5 Å². The summed E-state index contributed by atoms with van der Waals surface area (Å²) >= 11 is 0. The molecule has 3 rings (SSSR count). The van der Waals surface area contributed by atoms with Gasteiger partial charge in [-0.3, -0.25) is 14.9 Å². The molecule has 1 aromatic carbocycles. The average Bonchev–Trinajstić information content (AvgIpc) is 3.06. The third-order valence-corrected chi connectivity index (χ3v) is 3.57. The molecule has 1 amide bonds. The van der Waals surface area contributed by atoms with Crippen LogP contribution in [0.2, 0.25) is 0 Å². The van der Waals surface area contributed by atoms with Gasteiger partial charge in [-0.2, -0.15) is 5.10 Å². The van der Waals surface area contributed by atoms with Crippen molar-refractivity contribution in [1.82, 2.24) is 34.6 Å². The fraction of sp³-hybridized carbons (Fsp3) is 0.188. The highest BCUT2D eigenvalue weighted by Crippen LogP contribution is 2.06. The first kappa shape index (κ1) is 18.6. The van der Waals surface area contributed by atoms with Crippen LogP contribution in [0.3, 0.4) is 0 Å². The molecule has 142 valence electrons. The number of carbonyl (C=O) groups excluding carboxylic acids is 1. The molecule has 0 unspecified atom stereocenters. The Kier molecular flexibility index (Phi) is 5.07. The van der Waals surface area contributed by atoms with Gasteiger partial charge in [0.25, 0.3) is 11.5 Å². The lowest BCUT2D eigenvalue weighted by atomic mass is 10.3. The number of carbonyl (C=O) groups is 1. The maximum Gasteiger partial charge on any atom is 0.353 e. The van der Waals surface area contributed by atoms with E-state index in [9.17, 15) is 18.8 Å². The Hall–Kier alpha value is -4.14. The third kappa shape index (κ3) is 3.54. The van der Waals surface area contributed by atoms with Gasteiger partial charge in [-0.1, -0.05) is 17.1 Å². The minimum atomic E-state index is -1.02. The van der Waals surface area contributed by atoms with Gasteiger partial charge >= 0.3 is 5.69 Å². The normalized spacial score (nSPS) is 10.2. The van der Waals surface area contributed by atoms with Crippen LogP contribution in [0, 0.1) is 17.7 Å². The molecule has 3 aromatic rings. The number of nitrogens with zero attached hydrogens (tertiary/aromatic N) is 7. The summed E-state index contributed by atoms with van der Waals surface area (Å²) < 4.78 is 16.3. The number of amides is 1. The Morgan fingerprint density at radius 1 is 1.32 bits per heavy atom. The van der Waals surface area contributed by atoms with Gasteiger partial charge in [-0.15, -0.1) is 5.92 Å². The lowest BCUT2D eigenvalue weighted by Crippen LogP contribution is -2.44. The molecular formula is C16H13FN8O3. The van der Waals surface area contributed by atoms with Crippen LogP contribution in [0.4, 0.5) is 10.3 Å². The topological polar surface area (TPSA) is 130 Å². The Balaban J connectivity index is 2.19. The van der Waals surface area contributed by atoms with Crippen LogP contribution >= 0.6 is 0 Å². The minimum Gasteiger partial charge on any atom is -0.288 e. The van der Waals surface area contributed by atoms with Gasteiger partial charge in [0.05, 0.1) is 5.69 Å². The number of rotatable bonds is 4. The largest absolute Gasteiger partial charge is 0.353 e. The lowest BCUT2D eigenvalue weighted by Gasteiger charge is -2.10. The maximum absolute atomic E-state index is 13.6. The Morgan fingerprint density at radius 3 is 2.75 bits per heavy atom. The second kappa shape index (κ2) is 7.62. The van der Waals surface area contributed by atoms with Crippen LogP contribution in [-0.4, -0.2) is 40.5 Å². The molecule has 0 spiro atoms. The van der Waals surface area contributed by atoms with Crippen molar-refractivity contribution in [1.29, 1.82) is 0 Å². The molecule has 2 aromatic heterocycles. The van der Waals surface area contributed by atoms with Crippen molar-refractivity contribution in [2.45, 2.75) is 13.5 Å². The Morgan fingerprint density at radius 2 is 2.11 bits per heavy atom. The summed E-state index contributed by atoms with van der Waals surface area (Å²) in [5, 5.41) is 16.6. The van der Waals surface area contributed by atoms with E-state index >= 15 is 0 Å². The van der Waals surface area contributed by atoms with Gasteiger partial charge in [0.1, 0.15) is 12.4 Å². The SMILES string of the molecule is CC#CCn1nc(C(=O)Nc2nnnn2C)c(=O)n(-c2cccc(F)c2)c1=O. The summed E-state index contributed by atoms with van der Waals surface area (Å²) in [6, 6.07) is 4.84. The highest BCUT2D eigenvalue weighted by molar-refractivity contribution is 6.01. The molecule has 0 aliphatic heterocycles. The number of benzene rings is 1. The second-order valence-corrected chi connectivity index (χ2v) is 5.42. The van der Waals surface area contributed by atoms with E-state index in [-0.39, 0.29) is 18.2 Å². The standard InChI is InChI=1S/C16H13FN8O3/c1-3-4-8-24-16(28)25(11-7-5-6-10(17)9-11)14(27)12(20-24)13(26)18-15-19-21-22-23(15)2/h5-7,9H,8H2,1-2H3,(H,18,19,22,26). The van der Waals surface area contributed by atoms with Crippen LogP contribution in [-0.2, 0) is 13.6 Å². The first-order valence-electron chi connectivity index (χ1n) is 7.85. The van der Waals surface area contributed by atoms with Crippen LogP contribution in [0.25, 0.3) is 5.69 Å². The number of anilines is 1. The molecule has 0 radical (unpaired) electrons. The van der Waals surface area contributed by atoms with Crippen LogP contribution < -0.4 is 16.6 Å². The number of hydrogen-bond donors (Lipinski definition) is 1. The van der Waals surface area contributed by atoms with Crippen molar-refractivity contribution in [2.75, 3.05) is 5.32 Å². The van der Waals surface area contributed by atoms with Gasteiger partial charge in [-0.05, 0) is 35.5 Å². The zero-order valence-corrected chi connectivity index (χ0v) is 14.7. The zero-order valence-electron chi connectivity index (χ0n) is 14.7. The molecule has 0 aliphatic carbocycles. The molecule has 0 aliphatic rings. The van der Waals surface area contributed by atoms with Crippen molar-refractivity contribution >= 4 is 11.9 Å². The molecule has 0 saturated carbocycles. The molecule has 2 heterocycles. The lowest BCUT2D eigenvalue weighted by molar-refractivity contribution is 0.101. The van der Waals surface area contributed by atoms with Crippen LogP contribution in [0.5, 0.6) is 0 Å². The summed E-state index contributed by atoms with van der Waals surface area (Å²) in [4.78, 5) is 38.0. The van der Waals surface area contributed by atoms with E-state index in [0.29, 0.717) is 4.57 Å². The molecule has 0 fully saturated rings. The van der Waals surface area contributed by atoms with E-state index in [1.165, 1.54) is 23.9 Å². The van der Waals surface area contributed by atoms with Crippen molar-refractivity contribution in [2.24, 2.45) is 7.05 Å². The number of nitrogens with one attached hydrogen (secondary N) is 1. The molecular weight excluding hydrogens is 371 g/mol. The van der Waals surface area contributed by atoms with E-state index in [1.54, 1.807) is 6.92 Å². The van der Waals surface area contributed by atoms with Crippen LogP contribution in [0.15, 0.2) is 33.9 Å². The third-order valence-electron chi connectivity index (χ3n) is 3.57. The molecule has 28 heavy (non-hydrogen) atoms. The number of hydrogen-bond acceptors (Lipinski definition) is 7. The van der Waals surface area contributed by atoms with Gasteiger partial charge in [0.2, 0.25) is 11.6 Å². The van der Waals surface area contributed by atoms with Gasteiger partial charge in [-0.25, -0.2) is 23.1 Å². The highest BCUT2D eigenvalue weighted by Gasteiger charge is 2.22. The van der Waals surface area contributed by atoms with E-state index in [1.807, 2.05) is 0 Å². The summed E-state index contributed by atoms with van der Waals surface area (Å²) in [5.74, 6) is 3.59. The second-order valence-electron chi connectivity index (χ2n) is 5.42. The molecule has 0 saturated heterocycles. The van der Waals surface area contributed by atoms with Crippen molar-refractivity contribution in [3.05, 3.63) is 56.6 Å². The van der Waals surface area contributed by atoms with Gasteiger partial charge in [0, 0.05) is 7.05 Å². The number of aromatic nitrogens is 7. The van der Waals surface area contributed by atoms with E-state index in [2.05, 4.69) is 37.8 Å². The average molecular weight is 384 g/mol.